The number of benzene rings is 1. The molecule has 0 bridgehead atoms. The molecule has 0 fully saturated rings. The third kappa shape index (κ3) is 3.47. The Kier molecular flexibility index (Phi) is 3.45. The predicted octanol–water partition coefficient (Wildman–Crippen LogP) is 3.58. The van der Waals surface area contributed by atoms with Crippen molar-refractivity contribution in [2.24, 2.45) is 0 Å². The van der Waals surface area contributed by atoms with E-state index in [1.807, 2.05) is 18.2 Å². The summed E-state index contributed by atoms with van der Waals surface area (Å²) in [7, 11) is 0. The van der Waals surface area contributed by atoms with Gasteiger partial charge in [-0.3, -0.25) is 0 Å². The molecule has 0 nitrogen and oxygen atoms in total. The van der Waals surface area contributed by atoms with Gasteiger partial charge in [-0.05, 0) is 24.3 Å². The highest BCUT2D eigenvalue weighted by Crippen LogP contribution is 2.17. The zero-order chi connectivity index (χ0) is 8.81. The first kappa shape index (κ1) is 7.23. The van der Waals surface area contributed by atoms with Crippen LogP contribution in [0.1, 0.15) is 21.1 Å². The van der Waals surface area contributed by atoms with Crippen molar-refractivity contribution < 1.29 is 1.37 Å². The lowest BCUT2D eigenvalue weighted by atomic mass is 10.4. The normalized spacial score (nSPS) is 14.1. The van der Waals surface area contributed by atoms with Crippen LogP contribution in [0.2, 0.25) is 0 Å². The Morgan fingerprint density at radius 2 is 2.09 bits per heavy atom. The van der Waals surface area contributed by atoms with Crippen LogP contribution in [-0.4, -0.2) is 5.75 Å². The van der Waals surface area contributed by atoms with Gasteiger partial charge in [0.05, 0.1) is 0 Å². The van der Waals surface area contributed by atoms with Crippen LogP contribution in [-0.2, 0) is 0 Å². The zero-order valence-electron chi connectivity index (χ0n) is 7.79. The average Bonchev–Trinajstić information content (AvgIpc) is 2.16. The fourth-order valence-corrected chi connectivity index (χ4v) is 1.69. The van der Waals surface area contributed by atoms with Crippen LogP contribution in [0, 0.1) is 0 Å². The second-order valence-electron chi connectivity index (χ2n) is 2.32. The molecule has 1 unspecified atom stereocenters. The quantitative estimate of drug-likeness (QED) is 0.618. The van der Waals surface area contributed by atoms with E-state index >= 15 is 0 Å². The lowest BCUT2D eigenvalue weighted by Crippen LogP contribution is -1.76. The average molecular weight is 167 g/mol. The molecule has 0 aliphatic carbocycles. The van der Waals surface area contributed by atoms with Crippen molar-refractivity contribution in [3.05, 3.63) is 30.3 Å². The Balaban J connectivity index is 2.33. The molecule has 1 aromatic rings. The Bertz CT molecular complexity index is 210. The fourth-order valence-electron chi connectivity index (χ4n) is 0.790. The van der Waals surface area contributed by atoms with Crippen LogP contribution in [0.15, 0.2) is 35.2 Å². The zero-order valence-corrected chi connectivity index (χ0v) is 7.60. The highest BCUT2D eigenvalue weighted by Gasteiger charge is 1.89. The summed E-state index contributed by atoms with van der Waals surface area (Å²) in [5.41, 5.74) is 0. The number of rotatable bonds is 4. The fraction of sp³-hybridized carbons (Fsp3) is 0.400. The Labute approximate surface area is 74.4 Å². The summed E-state index contributed by atoms with van der Waals surface area (Å²) in [5, 5.41) is 0. The van der Waals surface area contributed by atoms with Gasteiger partial charge < -0.3 is 0 Å². The molecule has 0 aliphatic rings. The van der Waals surface area contributed by atoms with Gasteiger partial charge >= 0.3 is 0 Å². The summed E-state index contributed by atoms with van der Waals surface area (Å²) in [4.78, 5) is 1.27. The summed E-state index contributed by atoms with van der Waals surface area (Å²) in [5.74, 6) is 0.903. The van der Waals surface area contributed by atoms with E-state index < -0.39 is 0 Å². The van der Waals surface area contributed by atoms with E-state index in [9.17, 15) is 0 Å². The molecule has 0 amide bonds. The molecule has 0 saturated carbocycles. The Morgan fingerprint density at radius 3 is 2.73 bits per heavy atom. The molecule has 1 rings (SSSR count). The molecule has 0 N–H and O–H groups in total. The van der Waals surface area contributed by atoms with Crippen molar-refractivity contribution in [3.63, 3.8) is 0 Å². The van der Waals surface area contributed by atoms with E-state index in [4.69, 9.17) is 1.37 Å². The van der Waals surface area contributed by atoms with E-state index in [0.717, 1.165) is 12.2 Å². The molecule has 0 spiro atoms. The van der Waals surface area contributed by atoms with Crippen LogP contribution in [0.5, 0.6) is 0 Å². The summed E-state index contributed by atoms with van der Waals surface area (Å²) >= 11 is 1.77. The first-order valence-electron chi connectivity index (χ1n) is 4.50. The van der Waals surface area contributed by atoms with Crippen molar-refractivity contribution >= 4 is 11.8 Å². The number of thioether (sulfide) groups is 1. The number of hydrogen-bond acceptors (Lipinski definition) is 1. The highest BCUT2D eigenvalue weighted by molar-refractivity contribution is 7.99. The lowest BCUT2D eigenvalue weighted by Gasteiger charge is -1.98. The molecule has 0 saturated heterocycles. The summed E-state index contributed by atoms with van der Waals surface area (Å²) in [6.45, 7) is 2.06. The minimum absolute atomic E-state index is 0.0789. The first-order chi connectivity index (χ1) is 5.83. The molecule has 0 aliphatic heterocycles. The monoisotopic (exact) mass is 167 g/mol. The van der Waals surface area contributed by atoms with E-state index in [1.165, 1.54) is 4.90 Å². The molecule has 0 aromatic heterocycles. The second-order valence-corrected chi connectivity index (χ2v) is 3.41. The van der Waals surface area contributed by atoms with Gasteiger partial charge in [0.1, 0.15) is 0 Å². The minimum Gasteiger partial charge on any atom is -0.126 e. The smallest absolute Gasteiger partial charge is 0.0275 e. The Morgan fingerprint density at radius 1 is 1.36 bits per heavy atom. The van der Waals surface area contributed by atoms with Crippen LogP contribution >= 0.6 is 11.8 Å². The molecule has 1 heteroatoms. The Hall–Kier alpha value is -0.430. The molecule has 11 heavy (non-hydrogen) atoms. The van der Waals surface area contributed by atoms with Gasteiger partial charge in [-0.25, -0.2) is 0 Å². The van der Waals surface area contributed by atoms with Crippen LogP contribution < -0.4 is 0 Å². The van der Waals surface area contributed by atoms with E-state index in [0.29, 0.717) is 0 Å². The highest BCUT2D eigenvalue weighted by atomic mass is 32.2. The maximum absolute atomic E-state index is 7.55. The summed E-state index contributed by atoms with van der Waals surface area (Å²) in [6.07, 6.45) is 1.02. The van der Waals surface area contributed by atoms with Crippen molar-refractivity contribution in [2.45, 2.75) is 24.6 Å². The van der Waals surface area contributed by atoms with Gasteiger partial charge in [-0.1, -0.05) is 31.5 Å². The lowest BCUT2D eigenvalue weighted by molar-refractivity contribution is 0.896. The molecule has 1 aromatic carbocycles. The van der Waals surface area contributed by atoms with Gasteiger partial charge in [0.2, 0.25) is 0 Å². The maximum atomic E-state index is 7.55. The third-order valence-corrected chi connectivity index (χ3v) is 2.41. The molecular formula is C10H14S. The molecule has 0 heterocycles. The number of hydrogen-bond donors (Lipinski definition) is 0. The summed E-state index contributed by atoms with van der Waals surface area (Å²) < 4.78 is 7.55. The molecular weight excluding hydrogens is 152 g/mol. The SMILES string of the molecule is [2H]C(CC)CSc1ccccc1. The predicted molar refractivity (Wildman–Crippen MR) is 52.1 cm³/mol. The van der Waals surface area contributed by atoms with Crippen molar-refractivity contribution in [1.82, 2.24) is 0 Å². The van der Waals surface area contributed by atoms with Crippen LogP contribution in [0.3, 0.4) is 0 Å². The van der Waals surface area contributed by atoms with Gasteiger partial charge in [0.15, 0.2) is 0 Å². The maximum Gasteiger partial charge on any atom is 0.0275 e. The summed E-state index contributed by atoms with van der Waals surface area (Å²) in [6, 6.07) is 10.3. The minimum atomic E-state index is 0.0789. The van der Waals surface area contributed by atoms with Gasteiger partial charge in [0, 0.05) is 6.27 Å². The van der Waals surface area contributed by atoms with Gasteiger partial charge in [-0.15, -0.1) is 11.8 Å². The van der Waals surface area contributed by atoms with E-state index in [-0.39, 0.29) is 6.40 Å². The third-order valence-electron chi connectivity index (χ3n) is 1.40. The van der Waals surface area contributed by atoms with E-state index in [1.54, 1.807) is 11.8 Å². The first-order valence-corrected chi connectivity index (χ1v) is 4.91. The standard InChI is InChI=1S/C10H14S/c1-2-3-9-11-10-7-5-4-6-8-10/h4-8H,2-3,9H2,1H3/i3D. The van der Waals surface area contributed by atoms with E-state index in [2.05, 4.69) is 19.1 Å². The molecule has 0 radical (unpaired) electrons. The largest absolute Gasteiger partial charge is 0.126 e. The van der Waals surface area contributed by atoms with Crippen LogP contribution in [0.4, 0.5) is 0 Å². The van der Waals surface area contributed by atoms with Crippen LogP contribution in [0.25, 0.3) is 0 Å². The van der Waals surface area contributed by atoms with Crippen molar-refractivity contribution in [1.29, 1.82) is 0 Å². The van der Waals surface area contributed by atoms with Gasteiger partial charge in [0.25, 0.3) is 0 Å². The molecule has 60 valence electrons. The van der Waals surface area contributed by atoms with Crippen molar-refractivity contribution in [2.75, 3.05) is 5.75 Å². The second kappa shape index (κ2) is 5.25. The van der Waals surface area contributed by atoms with Crippen molar-refractivity contribution in [3.8, 4) is 0 Å². The topological polar surface area (TPSA) is 0 Å². The molecule has 1 atom stereocenters. The van der Waals surface area contributed by atoms with Gasteiger partial charge in [-0.2, -0.15) is 0 Å².